The molecular formula is C15H14S. The SMILES string of the molecule is c1ccc2c(c1)CCSc1ccccc1C2. The van der Waals surface area contributed by atoms with Crippen molar-refractivity contribution in [1.29, 1.82) is 0 Å². The number of hydrogen-bond acceptors (Lipinski definition) is 1. The molecule has 0 unspecified atom stereocenters. The van der Waals surface area contributed by atoms with Crippen molar-refractivity contribution in [1.82, 2.24) is 0 Å². The smallest absolute Gasteiger partial charge is 0.0107 e. The Labute approximate surface area is 101 Å². The molecule has 0 amide bonds. The van der Waals surface area contributed by atoms with Gasteiger partial charge in [-0.2, -0.15) is 0 Å². The number of hydrogen-bond donors (Lipinski definition) is 0. The zero-order valence-corrected chi connectivity index (χ0v) is 9.96. The van der Waals surface area contributed by atoms with Gasteiger partial charge in [-0.25, -0.2) is 0 Å². The molecule has 0 saturated heterocycles. The summed E-state index contributed by atoms with van der Waals surface area (Å²) in [4.78, 5) is 1.46. The van der Waals surface area contributed by atoms with Crippen LogP contribution in [0, 0.1) is 0 Å². The summed E-state index contributed by atoms with van der Waals surface area (Å²) in [6.07, 6.45) is 2.27. The molecule has 2 aromatic rings. The van der Waals surface area contributed by atoms with E-state index in [0.717, 1.165) is 6.42 Å². The second-order valence-corrected chi connectivity index (χ2v) is 5.29. The first-order chi connectivity index (χ1) is 7.93. The highest BCUT2D eigenvalue weighted by Gasteiger charge is 2.10. The molecular weight excluding hydrogens is 212 g/mol. The van der Waals surface area contributed by atoms with Gasteiger partial charge in [0, 0.05) is 10.6 Å². The third-order valence-electron chi connectivity index (χ3n) is 3.10. The Hall–Kier alpha value is -1.21. The summed E-state index contributed by atoms with van der Waals surface area (Å²) < 4.78 is 0. The van der Waals surface area contributed by atoms with Crippen LogP contribution in [0.1, 0.15) is 16.7 Å². The van der Waals surface area contributed by atoms with Gasteiger partial charge in [0.05, 0.1) is 0 Å². The normalized spacial score (nSPS) is 14.5. The highest BCUT2D eigenvalue weighted by atomic mass is 32.2. The third kappa shape index (κ3) is 1.88. The Morgan fingerprint density at radius 2 is 1.44 bits per heavy atom. The highest BCUT2D eigenvalue weighted by molar-refractivity contribution is 7.99. The molecule has 2 aromatic carbocycles. The molecule has 0 aromatic heterocycles. The molecule has 1 aliphatic rings. The van der Waals surface area contributed by atoms with Crippen LogP contribution >= 0.6 is 11.8 Å². The lowest BCUT2D eigenvalue weighted by molar-refractivity contribution is 1.03. The highest BCUT2D eigenvalue weighted by Crippen LogP contribution is 2.29. The third-order valence-corrected chi connectivity index (χ3v) is 4.22. The number of thioether (sulfide) groups is 1. The number of fused-ring (bicyclic) bond motifs is 2. The first-order valence-corrected chi connectivity index (χ1v) is 6.69. The quantitative estimate of drug-likeness (QED) is 0.656. The first kappa shape index (κ1) is 9.98. The van der Waals surface area contributed by atoms with E-state index in [0.29, 0.717) is 0 Å². The summed E-state index contributed by atoms with van der Waals surface area (Å²) in [6.45, 7) is 0. The maximum atomic E-state index is 2.27. The van der Waals surface area contributed by atoms with Gasteiger partial charge < -0.3 is 0 Å². The Kier molecular flexibility index (Phi) is 2.71. The predicted octanol–water partition coefficient (Wildman–Crippen LogP) is 3.93. The van der Waals surface area contributed by atoms with E-state index in [1.165, 1.54) is 33.8 Å². The van der Waals surface area contributed by atoms with Gasteiger partial charge in [0.2, 0.25) is 0 Å². The van der Waals surface area contributed by atoms with Gasteiger partial charge in [-0.05, 0) is 35.6 Å². The van der Waals surface area contributed by atoms with Crippen LogP contribution in [0.3, 0.4) is 0 Å². The van der Waals surface area contributed by atoms with E-state index in [9.17, 15) is 0 Å². The number of rotatable bonds is 0. The summed E-state index contributed by atoms with van der Waals surface area (Å²) in [5, 5.41) is 0. The Morgan fingerprint density at radius 1 is 0.750 bits per heavy atom. The van der Waals surface area contributed by atoms with E-state index in [1.807, 2.05) is 11.8 Å². The molecule has 1 aliphatic heterocycles. The first-order valence-electron chi connectivity index (χ1n) is 5.71. The second kappa shape index (κ2) is 4.34. The molecule has 0 atom stereocenters. The van der Waals surface area contributed by atoms with Crippen molar-refractivity contribution >= 4 is 11.8 Å². The average molecular weight is 226 g/mol. The minimum atomic E-state index is 1.08. The lowest BCUT2D eigenvalue weighted by atomic mass is 9.98. The lowest BCUT2D eigenvalue weighted by Crippen LogP contribution is -2.02. The van der Waals surface area contributed by atoms with E-state index in [2.05, 4.69) is 48.5 Å². The monoisotopic (exact) mass is 226 g/mol. The van der Waals surface area contributed by atoms with Gasteiger partial charge in [-0.1, -0.05) is 42.5 Å². The van der Waals surface area contributed by atoms with E-state index < -0.39 is 0 Å². The minimum absolute atomic E-state index is 1.08. The van der Waals surface area contributed by atoms with Crippen molar-refractivity contribution in [3.63, 3.8) is 0 Å². The maximum absolute atomic E-state index is 2.27. The largest absolute Gasteiger partial charge is 0.126 e. The van der Waals surface area contributed by atoms with Crippen LogP contribution in [0.5, 0.6) is 0 Å². The maximum Gasteiger partial charge on any atom is 0.0107 e. The Balaban J connectivity index is 2.06. The standard InChI is InChI=1S/C15H14S/c1-2-6-13-11-14-7-3-4-8-15(14)16-10-9-12(13)5-1/h1-8H,9-11H2. The molecule has 0 aliphatic carbocycles. The van der Waals surface area contributed by atoms with Gasteiger partial charge >= 0.3 is 0 Å². The zero-order chi connectivity index (χ0) is 10.8. The molecule has 0 fully saturated rings. The Bertz CT molecular complexity index is 457. The van der Waals surface area contributed by atoms with E-state index in [1.54, 1.807) is 0 Å². The summed E-state index contributed by atoms with van der Waals surface area (Å²) in [5.74, 6) is 1.19. The van der Waals surface area contributed by atoms with E-state index in [4.69, 9.17) is 0 Å². The van der Waals surface area contributed by atoms with Gasteiger partial charge in [-0.3, -0.25) is 0 Å². The molecule has 0 bridgehead atoms. The summed E-state index contributed by atoms with van der Waals surface area (Å²) >= 11 is 1.99. The van der Waals surface area contributed by atoms with Crippen molar-refractivity contribution in [2.75, 3.05) is 5.75 Å². The molecule has 16 heavy (non-hydrogen) atoms. The van der Waals surface area contributed by atoms with Gasteiger partial charge in [-0.15, -0.1) is 11.8 Å². The van der Waals surface area contributed by atoms with Crippen molar-refractivity contribution in [2.24, 2.45) is 0 Å². The molecule has 0 saturated carbocycles. The number of benzene rings is 2. The second-order valence-electron chi connectivity index (χ2n) is 4.15. The van der Waals surface area contributed by atoms with Crippen LogP contribution in [-0.4, -0.2) is 5.75 Å². The van der Waals surface area contributed by atoms with Crippen LogP contribution in [-0.2, 0) is 12.8 Å². The average Bonchev–Trinajstić information content (AvgIpc) is 2.29. The van der Waals surface area contributed by atoms with Gasteiger partial charge in [0.15, 0.2) is 0 Å². The predicted molar refractivity (Wildman–Crippen MR) is 70.1 cm³/mol. The minimum Gasteiger partial charge on any atom is -0.126 e. The van der Waals surface area contributed by atoms with E-state index in [-0.39, 0.29) is 0 Å². The zero-order valence-electron chi connectivity index (χ0n) is 9.15. The fourth-order valence-corrected chi connectivity index (χ4v) is 3.28. The molecule has 0 N–H and O–H groups in total. The number of aryl methyl sites for hydroxylation is 1. The molecule has 1 heterocycles. The van der Waals surface area contributed by atoms with Crippen LogP contribution in [0.4, 0.5) is 0 Å². The van der Waals surface area contributed by atoms with Crippen LogP contribution < -0.4 is 0 Å². The topological polar surface area (TPSA) is 0 Å². The van der Waals surface area contributed by atoms with Crippen LogP contribution in [0.15, 0.2) is 53.4 Å². The Morgan fingerprint density at radius 3 is 2.31 bits per heavy atom. The fraction of sp³-hybridized carbons (Fsp3) is 0.200. The lowest BCUT2D eigenvalue weighted by Gasteiger charge is -2.16. The van der Waals surface area contributed by atoms with Gasteiger partial charge in [0.25, 0.3) is 0 Å². The summed E-state index contributed by atoms with van der Waals surface area (Å²) in [6, 6.07) is 17.6. The molecule has 0 radical (unpaired) electrons. The molecule has 3 rings (SSSR count). The van der Waals surface area contributed by atoms with Crippen molar-refractivity contribution in [3.8, 4) is 0 Å². The fourth-order valence-electron chi connectivity index (χ4n) is 2.24. The van der Waals surface area contributed by atoms with Gasteiger partial charge in [0.1, 0.15) is 0 Å². The summed E-state index contributed by atoms with van der Waals surface area (Å²) in [5.41, 5.74) is 4.49. The van der Waals surface area contributed by atoms with Crippen LogP contribution in [0.25, 0.3) is 0 Å². The van der Waals surface area contributed by atoms with Crippen molar-refractivity contribution in [2.45, 2.75) is 17.7 Å². The van der Waals surface area contributed by atoms with Crippen molar-refractivity contribution in [3.05, 3.63) is 65.2 Å². The molecule has 80 valence electrons. The summed E-state index contributed by atoms with van der Waals surface area (Å²) in [7, 11) is 0. The molecule has 0 spiro atoms. The van der Waals surface area contributed by atoms with Crippen LogP contribution in [0.2, 0.25) is 0 Å². The van der Waals surface area contributed by atoms with Crippen molar-refractivity contribution < 1.29 is 0 Å². The van der Waals surface area contributed by atoms with E-state index >= 15 is 0 Å². The molecule has 1 heteroatoms. The molecule has 0 nitrogen and oxygen atoms in total.